The SMILES string of the molecule is CCCCN1CCNC1c1ccc(O)c(C)c1. The molecule has 3 heteroatoms. The molecule has 1 atom stereocenters. The molecule has 0 aliphatic carbocycles. The summed E-state index contributed by atoms with van der Waals surface area (Å²) < 4.78 is 0. The zero-order valence-electron chi connectivity index (χ0n) is 10.7. The first-order chi connectivity index (χ1) is 8.22. The molecule has 2 rings (SSSR count). The summed E-state index contributed by atoms with van der Waals surface area (Å²) in [6, 6.07) is 5.89. The first-order valence-electron chi connectivity index (χ1n) is 6.49. The van der Waals surface area contributed by atoms with Gasteiger partial charge in [0.05, 0.1) is 6.17 Å². The zero-order valence-corrected chi connectivity index (χ0v) is 10.7. The summed E-state index contributed by atoms with van der Waals surface area (Å²) in [5, 5.41) is 13.1. The molecule has 94 valence electrons. The summed E-state index contributed by atoms with van der Waals surface area (Å²) in [5.74, 6) is 0.381. The minimum atomic E-state index is 0.320. The molecule has 1 aliphatic heterocycles. The first kappa shape index (κ1) is 12.4. The summed E-state index contributed by atoms with van der Waals surface area (Å²) in [4.78, 5) is 2.48. The molecule has 17 heavy (non-hydrogen) atoms. The highest BCUT2D eigenvalue weighted by Crippen LogP contribution is 2.26. The van der Waals surface area contributed by atoms with Crippen molar-refractivity contribution < 1.29 is 5.11 Å². The van der Waals surface area contributed by atoms with E-state index in [1.165, 1.54) is 18.4 Å². The molecule has 1 aromatic carbocycles. The number of nitrogens with zero attached hydrogens (tertiary/aromatic N) is 1. The number of phenols is 1. The molecule has 0 amide bonds. The van der Waals surface area contributed by atoms with E-state index >= 15 is 0 Å². The summed E-state index contributed by atoms with van der Waals surface area (Å²) >= 11 is 0. The molecule has 0 radical (unpaired) electrons. The highest BCUT2D eigenvalue weighted by atomic mass is 16.3. The van der Waals surface area contributed by atoms with Crippen molar-refractivity contribution in [3.8, 4) is 5.75 Å². The van der Waals surface area contributed by atoms with Crippen LogP contribution in [0.25, 0.3) is 0 Å². The van der Waals surface area contributed by atoms with Crippen molar-refractivity contribution in [3.63, 3.8) is 0 Å². The third kappa shape index (κ3) is 2.79. The van der Waals surface area contributed by atoms with Gasteiger partial charge in [-0.05, 0) is 43.1 Å². The average molecular weight is 234 g/mol. The van der Waals surface area contributed by atoms with Crippen LogP contribution >= 0.6 is 0 Å². The Balaban J connectivity index is 2.11. The molecule has 1 aliphatic rings. The van der Waals surface area contributed by atoms with Crippen LogP contribution in [0.1, 0.15) is 37.1 Å². The fraction of sp³-hybridized carbons (Fsp3) is 0.571. The van der Waals surface area contributed by atoms with E-state index in [2.05, 4.69) is 23.2 Å². The van der Waals surface area contributed by atoms with Crippen molar-refractivity contribution in [2.75, 3.05) is 19.6 Å². The number of aryl methyl sites for hydroxylation is 1. The van der Waals surface area contributed by atoms with Gasteiger partial charge in [0, 0.05) is 13.1 Å². The maximum absolute atomic E-state index is 9.56. The van der Waals surface area contributed by atoms with Gasteiger partial charge in [0.25, 0.3) is 0 Å². The van der Waals surface area contributed by atoms with Crippen molar-refractivity contribution in [3.05, 3.63) is 29.3 Å². The number of nitrogens with one attached hydrogen (secondary N) is 1. The molecule has 0 spiro atoms. The van der Waals surface area contributed by atoms with Crippen molar-refractivity contribution in [2.45, 2.75) is 32.9 Å². The monoisotopic (exact) mass is 234 g/mol. The lowest BCUT2D eigenvalue weighted by Gasteiger charge is -2.24. The Morgan fingerprint density at radius 3 is 3.00 bits per heavy atom. The second-order valence-electron chi connectivity index (χ2n) is 4.79. The van der Waals surface area contributed by atoms with Crippen LogP contribution in [0.15, 0.2) is 18.2 Å². The highest BCUT2D eigenvalue weighted by Gasteiger charge is 2.24. The van der Waals surface area contributed by atoms with Crippen LogP contribution in [0.5, 0.6) is 5.75 Å². The Bertz CT molecular complexity index is 378. The molecule has 0 bridgehead atoms. The Labute approximate surface area is 103 Å². The van der Waals surface area contributed by atoms with E-state index in [1.807, 2.05) is 13.0 Å². The topological polar surface area (TPSA) is 35.5 Å². The zero-order chi connectivity index (χ0) is 12.3. The van der Waals surface area contributed by atoms with E-state index in [0.717, 1.165) is 25.2 Å². The summed E-state index contributed by atoms with van der Waals surface area (Å²) in [5.41, 5.74) is 2.21. The molecule has 1 fully saturated rings. The van der Waals surface area contributed by atoms with Gasteiger partial charge in [-0.3, -0.25) is 10.2 Å². The fourth-order valence-corrected chi connectivity index (χ4v) is 2.38. The van der Waals surface area contributed by atoms with E-state index in [4.69, 9.17) is 0 Å². The lowest BCUT2D eigenvalue weighted by molar-refractivity contribution is 0.241. The molecule has 3 nitrogen and oxygen atoms in total. The van der Waals surface area contributed by atoms with Gasteiger partial charge in [-0.1, -0.05) is 19.4 Å². The van der Waals surface area contributed by atoms with Gasteiger partial charge in [-0.2, -0.15) is 0 Å². The number of unbranched alkanes of at least 4 members (excludes halogenated alkanes) is 1. The lowest BCUT2D eigenvalue weighted by atomic mass is 10.1. The number of rotatable bonds is 4. The number of aromatic hydroxyl groups is 1. The number of hydrogen-bond donors (Lipinski definition) is 2. The van der Waals surface area contributed by atoms with E-state index in [0.29, 0.717) is 11.9 Å². The molecule has 2 N–H and O–H groups in total. The van der Waals surface area contributed by atoms with Gasteiger partial charge in [0.2, 0.25) is 0 Å². The predicted octanol–water partition coefficient (Wildman–Crippen LogP) is 2.40. The largest absolute Gasteiger partial charge is 0.508 e. The summed E-state index contributed by atoms with van der Waals surface area (Å²) in [6.45, 7) is 7.49. The lowest BCUT2D eigenvalue weighted by Crippen LogP contribution is -2.28. The predicted molar refractivity (Wildman–Crippen MR) is 70.1 cm³/mol. The number of hydrogen-bond acceptors (Lipinski definition) is 3. The fourth-order valence-electron chi connectivity index (χ4n) is 2.38. The van der Waals surface area contributed by atoms with Crippen molar-refractivity contribution in [2.24, 2.45) is 0 Å². The maximum Gasteiger partial charge on any atom is 0.118 e. The Hall–Kier alpha value is -1.06. The third-order valence-electron chi connectivity index (χ3n) is 3.44. The van der Waals surface area contributed by atoms with E-state index in [-0.39, 0.29) is 0 Å². The Morgan fingerprint density at radius 2 is 2.29 bits per heavy atom. The number of benzene rings is 1. The van der Waals surface area contributed by atoms with Gasteiger partial charge in [0.15, 0.2) is 0 Å². The molecule has 0 aromatic heterocycles. The standard InChI is InChI=1S/C14H22N2O/c1-3-4-8-16-9-7-15-14(16)12-5-6-13(17)11(2)10-12/h5-6,10,14-15,17H,3-4,7-9H2,1-2H3. The van der Waals surface area contributed by atoms with Gasteiger partial charge in [0.1, 0.15) is 5.75 Å². The molecule has 1 saturated heterocycles. The Kier molecular flexibility index (Phi) is 4.02. The van der Waals surface area contributed by atoms with Crippen LogP contribution in [0.3, 0.4) is 0 Å². The highest BCUT2D eigenvalue weighted by molar-refractivity contribution is 5.36. The average Bonchev–Trinajstić information content (AvgIpc) is 2.78. The number of phenolic OH excluding ortho intramolecular Hbond substituents is 1. The van der Waals surface area contributed by atoms with Crippen LogP contribution in [0.2, 0.25) is 0 Å². The second kappa shape index (κ2) is 5.52. The molecule has 1 aromatic rings. The van der Waals surface area contributed by atoms with Crippen molar-refractivity contribution in [1.29, 1.82) is 0 Å². The van der Waals surface area contributed by atoms with Crippen LogP contribution in [-0.4, -0.2) is 29.6 Å². The van der Waals surface area contributed by atoms with Crippen LogP contribution in [0, 0.1) is 6.92 Å². The van der Waals surface area contributed by atoms with Gasteiger partial charge in [-0.15, -0.1) is 0 Å². The quantitative estimate of drug-likeness (QED) is 0.839. The third-order valence-corrected chi connectivity index (χ3v) is 3.44. The van der Waals surface area contributed by atoms with Crippen LogP contribution in [-0.2, 0) is 0 Å². The van der Waals surface area contributed by atoms with Crippen molar-refractivity contribution in [1.82, 2.24) is 10.2 Å². The van der Waals surface area contributed by atoms with Crippen LogP contribution in [0.4, 0.5) is 0 Å². The van der Waals surface area contributed by atoms with Gasteiger partial charge < -0.3 is 5.11 Å². The summed E-state index contributed by atoms with van der Waals surface area (Å²) in [7, 11) is 0. The Morgan fingerprint density at radius 1 is 1.47 bits per heavy atom. The maximum atomic E-state index is 9.56. The first-order valence-corrected chi connectivity index (χ1v) is 6.49. The van der Waals surface area contributed by atoms with E-state index in [1.54, 1.807) is 6.07 Å². The minimum absolute atomic E-state index is 0.320. The minimum Gasteiger partial charge on any atom is -0.508 e. The smallest absolute Gasteiger partial charge is 0.118 e. The van der Waals surface area contributed by atoms with E-state index in [9.17, 15) is 5.11 Å². The molecular weight excluding hydrogens is 212 g/mol. The van der Waals surface area contributed by atoms with Crippen molar-refractivity contribution >= 4 is 0 Å². The molecule has 1 unspecified atom stereocenters. The molecule has 0 saturated carbocycles. The molecule has 1 heterocycles. The van der Waals surface area contributed by atoms with E-state index < -0.39 is 0 Å². The van der Waals surface area contributed by atoms with Crippen LogP contribution < -0.4 is 5.32 Å². The normalized spacial score (nSPS) is 20.9. The second-order valence-corrected chi connectivity index (χ2v) is 4.79. The molecular formula is C14H22N2O. The van der Waals surface area contributed by atoms with Gasteiger partial charge >= 0.3 is 0 Å². The summed E-state index contributed by atoms with van der Waals surface area (Å²) in [6.07, 6.45) is 2.80. The van der Waals surface area contributed by atoms with Gasteiger partial charge in [-0.25, -0.2) is 0 Å².